The molecule has 0 spiro atoms. The van der Waals surface area contributed by atoms with Gasteiger partial charge >= 0.3 is 0 Å². The molecule has 5 aromatic rings. The van der Waals surface area contributed by atoms with Gasteiger partial charge in [0.2, 0.25) is 10.9 Å². The summed E-state index contributed by atoms with van der Waals surface area (Å²) in [6.07, 6.45) is 0. The average Bonchev–Trinajstić information content (AvgIpc) is 3.05. The molecule has 1 aromatic heterocycles. The van der Waals surface area contributed by atoms with Gasteiger partial charge in [-0.25, -0.2) is 0 Å². The fourth-order valence-electron chi connectivity index (χ4n) is 3.48. The van der Waals surface area contributed by atoms with Crippen molar-refractivity contribution in [1.82, 2.24) is 0 Å². The molecular weight excluding hydrogens is 372 g/mol. The highest BCUT2D eigenvalue weighted by molar-refractivity contribution is 7.25. The number of halogens is 1. The van der Waals surface area contributed by atoms with E-state index in [1.807, 2.05) is 0 Å². The topological polar surface area (TPSA) is 68.3 Å². The van der Waals surface area contributed by atoms with Crippen LogP contribution in [-0.4, -0.2) is 0 Å². The smallest absolute Gasteiger partial charge is 0.204 e. The Morgan fingerprint density at radius 3 is 1.73 bits per heavy atom. The molecular formula is C20H7ClO4S. The lowest BCUT2D eigenvalue weighted by atomic mass is 10.0. The highest BCUT2D eigenvalue weighted by Gasteiger charge is 2.21. The van der Waals surface area contributed by atoms with Gasteiger partial charge in [0.05, 0.1) is 20.2 Å². The van der Waals surface area contributed by atoms with Crippen molar-refractivity contribution in [2.45, 2.75) is 0 Å². The maximum absolute atomic E-state index is 13.0. The van der Waals surface area contributed by atoms with E-state index in [4.69, 9.17) is 11.6 Å². The van der Waals surface area contributed by atoms with E-state index in [2.05, 4.69) is 0 Å². The van der Waals surface area contributed by atoms with Gasteiger partial charge in [-0.3, -0.25) is 19.2 Å². The average molecular weight is 379 g/mol. The van der Waals surface area contributed by atoms with Crippen molar-refractivity contribution >= 4 is 64.7 Å². The molecule has 5 rings (SSSR count). The number of thiophene rings is 1. The van der Waals surface area contributed by atoms with Crippen LogP contribution in [0.2, 0.25) is 5.02 Å². The number of hydrogen-bond donors (Lipinski definition) is 0. The molecule has 0 aliphatic carbocycles. The molecule has 0 aliphatic heterocycles. The molecule has 0 saturated heterocycles. The van der Waals surface area contributed by atoms with Gasteiger partial charge in [-0.05, 0) is 18.2 Å². The molecule has 0 atom stereocenters. The van der Waals surface area contributed by atoms with E-state index in [1.54, 1.807) is 24.3 Å². The van der Waals surface area contributed by atoms with Crippen molar-refractivity contribution in [3.8, 4) is 0 Å². The van der Waals surface area contributed by atoms with Gasteiger partial charge in [0.1, 0.15) is 0 Å². The standard InChI is InChI=1S/C20H7ClO4S/c21-8-5-6-11-12(7-8)18(25)20-14(16(11)23)13-15(22)9-3-1-2-4-10(9)17(24)19(13)26-20/h1-7H. The summed E-state index contributed by atoms with van der Waals surface area (Å²) in [6, 6.07) is 10.9. The number of fused-ring (bicyclic) bond motifs is 5. The Morgan fingerprint density at radius 2 is 1.12 bits per heavy atom. The summed E-state index contributed by atoms with van der Waals surface area (Å²) in [6.45, 7) is 0. The Kier molecular flexibility index (Phi) is 2.99. The first-order valence-electron chi connectivity index (χ1n) is 7.73. The molecule has 6 heteroatoms. The van der Waals surface area contributed by atoms with Crippen LogP contribution in [0.15, 0.2) is 61.6 Å². The second-order valence-corrected chi connectivity index (χ2v) is 7.52. The fraction of sp³-hybridized carbons (Fsp3) is 0. The van der Waals surface area contributed by atoms with Crippen LogP contribution in [0.4, 0.5) is 0 Å². The van der Waals surface area contributed by atoms with E-state index < -0.39 is 10.9 Å². The van der Waals surface area contributed by atoms with E-state index in [0.29, 0.717) is 10.4 Å². The normalized spacial score (nSPS) is 11.9. The lowest BCUT2D eigenvalue weighted by molar-refractivity contribution is 1.69. The molecule has 0 radical (unpaired) electrons. The van der Waals surface area contributed by atoms with Crippen LogP contribution in [0, 0.1) is 0 Å². The minimum atomic E-state index is -0.427. The first kappa shape index (κ1) is 15.4. The molecule has 4 aromatic carbocycles. The van der Waals surface area contributed by atoms with Crippen LogP contribution in [-0.2, 0) is 0 Å². The summed E-state index contributed by atoms with van der Waals surface area (Å²) in [5, 5.41) is 1.38. The van der Waals surface area contributed by atoms with Crippen LogP contribution < -0.4 is 21.7 Å². The molecule has 0 amide bonds. The van der Waals surface area contributed by atoms with Crippen molar-refractivity contribution in [2.75, 3.05) is 0 Å². The zero-order chi connectivity index (χ0) is 18.2. The second-order valence-electron chi connectivity index (χ2n) is 6.06. The van der Waals surface area contributed by atoms with Gasteiger partial charge in [-0.2, -0.15) is 0 Å². The quantitative estimate of drug-likeness (QED) is 0.414. The van der Waals surface area contributed by atoms with E-state index in [9.17, 15) is 19.2 Å². The molecule has 0 fully saturated rings. The van der Waals surface area contributed by atoms with Crippen molar-refractivity contribution in [3.63, 3.8) is 0 Å². The zero-order valence-corrected chi connectivity index (χ0v) is 14.5. The molecule has 0 saturated carbocycles. The van der Waals surface area contributed by atoms with Crippen molar-refractivity contribution in [3.05, 3.63) is 88.4 Å². The van der Waals surface area contributed by atoms with Crippen molar-refractivity contribution < 1.29 is 0 Å². The molecule has 124 valence electrons. The van der Waals surface area contributed by atoms with Gasteiger partial charge < -0.3 is 0 Å². The third-order valence-electron chi connectivity index (χ3n) is 4.66. The van der Waals surface area contributed by atoms with E-state index in [0.717, 1.165) is 11.3 Å². The van der Waals surface area contributed by atoms with Crippen molar-refractivity contribution in [1.29, 1.82) is 0 Å². The van der Waals surface area contributed by atoms with E-state index in [-0.39, 0.29) is 47.2 Å². The number of benzene rings is 4. The monoisotopic (exact) mass is 378 g/mol. The largest absolute Gasteiger partial charge is 0.289 e. The summed E-state index contributed by atoms with van der Waals surface area (Å²) in [5.74, 6) is 0. The van der Waals surface area contributed by atoms with Crippen LogP contribution in [0.5, 0.6) is 0 Å². The van der Waals surface area contributed by atoms with Crippen LogP contribution in [0.3, 0.4) is 0 Å². The maximum atomic E-state index is 13.0. The predicted molar refractivity (Wildman–Crippen MR) is 107 cm³/mol. The van der Waals surface area contributed by atoms with Gasteiger partial charge in [0.25, 0.3) is 0 Å². The second kappa shape index (κ2) is 5.06. The van der Waals surface area contributed by atoms with Crippen molar-refractivity contribution in [2.24, 2.45) is 0 Å². The minimum absolute atomic E-state index is 0.0395. The molecule has 0 unspecified atom stereocenters. The lowest BCUT2D eigenvalue weighted by Crippen LogP contribution is -2.15. The van der Waals surface area contributed by atoms with Crippen LogP contribution >= 0.6 is 22.9 Å². The summed E-state index contributed by atoms with van der Waals surface area (Å²) in [4.78, 5) is 51.7. The number of hydrogen-bond acceptors (Lipinski definition) is 5. The van der Waals surface area contributed by atoms with Gasteiger partial charge in [0.15, 0.2) is 10.9 Å². The third kappa shape index (κ3) is 1.79. The molecule has 1 heterocycles. The van der Waals surface area contributed by atoms with Gasteiger partial charge in [0, 0.05) is 26.6 Å². The Balaban J connectivity index is 2.23. The first-order chi connectivity index (χ1) is 12.5. The molecule has 0 aliphatic rings. The third-order valence-corrected chi connectivity index (χ3v) is 6.08. The summed E-state index contributed by atoms with van der Waals surface area (Å²) in [5.41, 5.74) is -1.55. The zero-order valence-electron chi connectivity index (χ0n) is 13.0. The Hall–Kier alpha value is -2.89. The van der Waals surface area contributed by atoms with Gasteiger partial charge in [-0.15, -0.1) is 11.3 Å². The molecule has 0 N–H and O–H groups in total. The first-order valence-corrected chi connectivity index (χ1v) is 8.92. The molecule has 4 nitrogen and oxygen atoms in total. The van der Waals surface area contributed by atoms with Crippen LogP contribution in [0.25, 0.3) is 41.7 Å². The summed E-state index contributed by atoms with van der Waals surface area (Å²) < 4.78 is 0.281. The van der Waals surface area contributed by atoms with E-state index in [1.165, 1.54) is 18.2 Å². The summed E-state index contributed by atoms with van der Waals surface area (Å²) >= 11 is 6.87. The molecule has 0 bridgehead atoms. The predicted octanol–water partition coefficient (Wildman–Crippen LogP) is 3.33. The summed E-state index contributed by atoms with van der Waals surface area (Å²) in [7, 11) is 0. The highest BCUT2D eigenvalue weighted by atomic mass is 35.5. The molecule has 26 heavy (non-hydrogen) atoms. The maximum Gasteiger partial charge on any atom is 0.204 e. The number of rotatable bonds is 0. The van der Waals surface area contributed by atoms with Crippen LogP contribution in [0.1, 0.15) is 0 Å². The highest BCUT2D eigenvalue weighted by Crippen LogP contribution is 2.29. The lowest BCUT2D eigenvalue weighted by Gasteiger charge is -1.98. The Bertz CT molecular complexity index is 1620. The SMILES string of the molecule is O=c1c2ccccc2c(=O)c2c1sc1c(=O)c3cc(Cl)ccc3c(=O)c12. The Morgan fingerprint density at radius 1 is 0.615 bits per heavy atom. The fourth-order valence-corrected chi connectivity index (χ4v) is 4.85. The Labute approximate surface area is 153 Å². The van der Waals surface area contributed by atoms with E-state index >= 15 is 0 Å². The van der Waals surface area contributed by atoms with Gasteiger partial charge in [-0.1, -0.05) is 35.9 Å². The minimum Gasteiger partial charge on any atom is -0.289 e.